The fourth-order valence-corrected chi connectivity index (χ4v) is 5.37. The number of ether oxygens (including phenoxy) is 1. The van der Waals surface area contributed by atoms with Crippen LogP contribution in [0.1, 0.15) is 45.9 Å². The molecule has 3 aromatic rings. The first-order chi connectivity index (χ1) is 18.9. The van der Waals surface area contributed by atoms with Crippen molar-refractivity contribution in [2.24, 2.45) is 0 Å². The summed E-state index contributed by atoms with van der Waals surface area (Å²) in [4.78, 5) is 33.9. The number of nitrogens with zero attached hydrogens (tertiary/aromatic N) is 3. The molecule has 39 heavy (non-hydrogen) atoms. The van der Waals surface area contributed by atoms with Crippen molar-refractivity contribution in [3.05, 3.63) is 89.0 Å². The highest BCUT2D eigenvalue weighted by Crippen LogP contribution is 2.34. The number of rotatable bonds is 7. The Hall–Kier alpha value is -4.02. The number of likely N-dealkylation sites (tertiary alicyclic amines) is 1. The number of aromatic nitrogens is 1. The highest BCUT2D eigenvalue weighted by atomic mass is 19.1. The molecule has 1 fully saturated rings. The van der Waals surface area contributed by atoms with Gasteiger partial charge in [-0.2, -0.15) is 0 Å². The van der Waals surface area contributed by atoms with Crippen molar-refractivity contribution in [1.82, 2.24) is 25.5 Å². The number of likely N-dealkylation sites (N-methyl/N-ethyl adjacent to an activating group) is 1. The average molecular weight is 533 g/mol. The van der Waals surface area contributed by atoms with E-state index in [1.165, 1.54) is 13.2 Å². The molecule has 1 aromatic heterocycles. The van der Waals surface area contributed by atoms with Crippen LogP contribution in [0.25, 0.3) is 0 Å². The summed E-state index contributed by atoms with van der Waals surface area (Å²) in [5.41, 5.74) is 10.3. The number of halogens is 1. The second-order valence-electron chi connectivity index (χ2n) is 10.1. The number of hydrazine groups is 1. The molecule has 0 spiro atoms. The third-order valence-electron chi connectivity index (χ3n) is 7.42. The Bertz CT molecular complexity index is 1350. The molecule has 3 heterocycles. The molecule has 2 aliphatic rings. The van der Waals surface area contributed by atoms with Gasteiger partial charge in [-0.15, -0.1) is 0 Å². The van der Waals surface area contributed by atoms with Gasteiger partial charge in [0.15, 0.2) is 0 Å². The molecule has 0 saturated carbocycles. The van der Waals surface area contributed by atoms with Crippen LogP contribution >= 0.6 is 0 Å². The molecule has 2 aliphatic heterocycles. The largest absolute Gasteiger partial charge is 0.496 e. The molecule has 2 aromatic carbocycles. The van der Waals surface area contributed by atoms with E-state index in [-0.39, 0.29) is 36.3 Å². The van der Waals surface area contributed by atoms with Gasteiger partial charge in [0.1, 0.15) is 11.6 Å². The minimum Gasteiger partial charge on any atom is -0.496 e. The van der Waals surface area contributed by atoms with Gasteiger partial charge in [0.2, 0.25) is 5.91 Å². The summed E-state index contributed by atoms with van der Waals surface area (Å²) in [6.45, 7) is 0.595. The van der Waals surface area contributed by atoms with E-state index in [0.29, 0.717) is 36.3 Å². The summed E-state index contributed by atoms with van der Waals surface area (Å²) in [5, 5.41) is 3.15. The van der Waals surface area contributed by atoms with Crippen LogP contribution in [0.5, 0.6) is 5.75 Å². The molecule has 1 saturated heterocycles. The molecule has 9 nitrogen and oxygen atoms in total. The number of hydrogen-bond donors (Lipinski definition) is 3. The summed E-state index contributed by atoms with van der Waals surface area (Å²) >= 11 is 0. The minimum absolute atomic E-state index is 0.0455. The van der Waals surface area contributed by atoms with Gasteiger partial charge >= 0.3 is 0 Å². The van der Waals surface area contributed by atoms with Gasteiger partial charge in [-0.3, -0.25) is 19.5 Å². The number of methoxy groups -OCH3 is 1. The molecule has 204 valence electrons. The quantitative estimate of drug-likeness (QED) is 0.430. The smallest absolute Gasteiger partial charge is 0.251 e. The van der Waals surface area contributed by atoms with Gasteiger partial charge in [0.05, 0.1) is 24.9 Å². The highest BCUT2D eigenvalue weighted by Gasteiger charge is 2.35. The lowest BCUT2D eigenvalue weighted by atomic mass is 9.95. The Kier molecular flexibility index (Phi) is 7.76. The molecule has 5 rings (SSSR count). The summed E-state index contributed by atoms with van der Waals surface area (Å²) in [5.74, 6) is -0.193. The molecular weight excluding hydrogens is 499 g/mol. The SMILES string of the molecule is COc1cccc(F)c1CN1CC(NC(=O)c2ccc3c(c2)C(c2ccncc2)NN3)CCC1C(=O)N(C)C. The topological polar surface area (TPSA) is 98.8 Å². The number of carbonyl (C=O) groups is 2. The number of carbonyl (C=O) groups excluding carboxylic acids is 2. The summed E-state index contributed by atoms with van der Waals surface area (Å²) < 4.78 is 20.2. The second kappa shape index (κ2) is 11.4. The number of pyridine rings is 1. The van der Waals surface area contributed by atoms with Crippen molar-refractivity contribution in [1.29, 1.82) is 0 Å². The molecule has 3 N–H and O–H groups in total. The van der Waals surface area contributed by atoms with Crippen molar-refractivity contribution in [3.63, 3.8) is 0 Å². The number of hydrogen-bond acceptors (Lipinski definition) is 7. The predicted molar refractivity (Wildman–Crippen MR) is 146 cm³/mol. The number of fused-ring (bicyclic) bond motifs is 1. The first-order valence-electron chi connectivity index (χ1n) is 13.0. The third-order valence-corrected chi connectivity index (χ3v) is 7.42. The summed E-state index contributed by atoms with van der Waals surface area (Å²) in [7, 11) is 4.94. The molecule has 0 aliphatic carbocycles. The van der Waals surface area contributed by atoms with Crippen LogP contribution in [0.2, 0.25) is 0 Å². The first kappa shape index (κ1) is 26.6. The molecule has 0 radical (unpaired) electrons. The molecule has 10 heteroatoms. The fraction of sp³-hybridized carbons (Fsp3) is 0.345. The fourth-order valence-electron chi connectivity index (χ4n) is 5.37. The van der Waals surface area contributed by atoms with Gasteiger partial charge in [-0.05, 0) is 60.9 Å². The maximum absolute atomic E-state index is 14.8. The number of amides is 2. The van der Waals surface area contributed by atoms with E-state index in [0.717, 1.165) is 16.8 Å². The molecule has 3 atom stereocenters. The lowest BCUT2D eigenvalue weighted by Crippen LogP contribution is -2.56. The molecule has 2 amide bonds. The van der Waals surface area contributed by atoms with E-state index in [4.69, 9.17) is 4.74 Å². The van der Waals surface area contributed by atoms with Gasteiger partial charge < -0.3 is 20.4 Å². The van der Waals surface area contributed by atoms with Gasteiger partial charge in [0, 0.05) is 62.3 Å². The summed E-state index contributed by atoms with van der Waals surface area (Å²) in [6.07, 6.45) is 4.66. The van der Waals surface area contributed by atoms with Crippen molar-refractivity contribution >= 4 is 17.5 Å². The van der Waals surface area contributed by atoms with Crippen LogP contribution in [-0.4, -0.2) is 66.4 Å². The molecule has 3 unspecified atom stereocenters. The van der Waals surface area contributed by atoms with Gasteiger partial charge in [0.25, 0.3) is 5.91 Å². The van der Waals surface area contributed by atoms with E-state index >= 15 is 0 Å². The van der Waals surface area contributed by atoms with Crippen molar-refractivity contribution in [2.75, 3.05) is 33.2 Å². The van der Waals surface area contributed by atoms with Crippen molar-refractivity contribution < 1.29 is 18.7 Å². The minimum atomic E-state index is -0.421. The third kappa shape index (κ3) is 5.57. The number of nitrogens with one attached hydrogen (secondary N) is 3. The average Bonchev–Trinajstić information content (AvgIpc) is 3.37. The Morgan fingerprint density at radius 2 is 1.95 bits per heavy atom. The van der Waals surface area contributed by atoms with E-state index in [1.807, 2.05) is 29.2 Å². The monoisotopic (exact) mass is 532 g/mol. The molecule has 0 bridgehead atoms. The predicted octanol–water partition coefficient (Wildman–Crippen LogP) is 3.10. The van der Waals surface area contributed by atoms with E-state index < -0.39 is 6.04 Å². The Morgan fingerprint density at radius 1 is 1.15 bits per heavy atom. The summed E-state index contributed by atoms with van der Waals surface area (Å²) in [6, 6.07) is 13.4. The molecular formula is C29H33FN6O3. The van der Waals surface area contributed by atoms with Crippen LogP contribution < -0.4 is 20.9 Å². The van der Waals surface area contributed by atoms with Crippen LogP contribution in [0.4, 0.5) is 10.1 Å². The zero-order valence-electron chi connectivity index (χ0n) is 22.3. The van der Waals surface area contributed by atoms with Crippen molar-refractivity contribution in [2.45, 2.75) is 37.5 Å². The van der Waals surface area contributed by atoms with E-state index in [2.05, 4.69) is 21.2 Å². The van der Waals surface area contributed by atoms with Crippen LogP contribution in [0.15, 0.2) is 60.9 Å². The maximum Gasteiger partial charge on any atom is 0.251 e. The zero-order chi connectivity index (χ0) is 27.5. The van der Waals surface area contributed by atoms with Gasteiger partial charge in [-0.25, -0.2) is 9.82 Å². The van der Waals surface area contributed by atoms with Crippen molar-refractivity contribution in [3.8, 4) is 5.75 Å². The standard InChI is InChI=1S/C29H33FN6O3/c1-35(2)29(38)25-10-8-20(16-36(25)17-22-23(30)5-4-6-26(22)39-3)32-28(37)19-7-9-24-21(15-19)27(34-33-24)18-11-13-31-14-12-18/h4-7,9,11-15,20,25,27,33-34H,8,10,16-17H2,1-3H3,(H,32,37). The second-order valence-corrected chi connectivity index (χ2v) is 10.1. The van der Waals surface area contributed by atoms with Gasteiger partial charge in [-0.1, -0.05) is 6.07 Å². The zero-order valence-corrected chi connectivity index (χ0v) is 22.3. The Labute approximate surface area is 227 Å². The van der Waals surface area contributed by atoms with E-state index in [1.54, 1.807) is 49.6 Å². The Morgan fingerprint density at radius 3 is 2.69 bits per heavy atom. The van der Waals surface area contributed by atoms with E-state index in [9.17, 15) is 14.0 Å². The van der Waals surface area contributed by atoms with Crippen LogP contribution in [-0.2, 0) is 11.3 Å². The van der Waals surface area contributed by atoms with Crippen LogP contribution in [0, 0.1) is 5.82 Å². The lowest BCUT2D eigenvalue weighted by molar-refractivity contribution is -0.136. The normalized spacial score (nSPS) is 20.6. The first-order valence-corrected chi connectivity index (χ1v) is 13.0. The lowest BCUT2D eigenvalue weighted by Gasteiger charge is -2.40. The maximum atomic E-state index is 14.8. The van der Waals surface area contributed by atoms with Crippen LogP contribution in [0.3, 0.4) is 0 Å². The highest BCUT2D eigenvalue weighted by molar-refractivity contribution is 5.95. The Balaban J connectivity index is 1.33. The number of anilines is 1. The number of benzene rings is 2. The number of piperidine rings is 1.